The molecule has 0 aliphatic rings. The third-order valence-electron chi connectivity index (χ3n) is 4.46. The first-order chi connectivity index (χ1) is 15.0. The molecule has 154 valence electrons. The highest BCUT2D eigenvalue weighted by molar-refractivity contribution is 7.71. The van der Waals surface area contributed by atoms with E-state index in [0.717, 1.165) is 4.70 Å². The summed E-state index contributed by atoms with van der Waals surface area (Å²) in [6.45, 7) is 0. The molecule has 0 aliphatic carbocycles. The summed E-state index contributed by atoms with van der Waals surface area (Å²) in [5.74, 6) is 1.67. The molecule has 0 radical (unpaired) electrons. The molecular weight excluding hydrogens is 458 g/mol. The van der Waals surface area contributed by atoms with Gasteiger partial charge in [-0.2, -0.15) is 0 Å². The van der Waals surface area contributed by atoms with Crippen molar-refractivity contribution in [2.24, 2.45) is 0 Å². The van der Waals surface area contributed by atoms with Crippen molar-refractivity contribution in [3.05, 3.63) is 74.9 Å². The SMILES string of the molecule is COc1ccnc2c(=O)n(-c3nc4ccc(Oc5ccc(Cl)cc5)cc4s3)c(=S)oc12. The molecule has 0 atom stereocenters. The summed E-state index contributed by atoms with van der Waals surface area (Å²) in [4.78, 5) is 21.7. The minimum atomic E-state index is -0.429. The molecule has 5 rings (SSSR count). The Morgan fingerprint density at radius 3 is 2.68 bits per heavy atom. The molecule has 0 saturated heterocycles. The zero-order valence-electron chi connectivity index (χ0n) is 15.9. The van der Waals surface area contributed by atoms with E-state index in [9.17, 15) is 4.79 Å². The second kappa shape index (κ2) is 7.77. The van der Waals surface area contributed by atoms with Gasteiger partial charge in [-0.15, -0.1) is 0 Å². The highest BCUT2D eigenvalue weighted by atomic mass is 35.5. The number of fused-ring (bicyclic) bond motifs is 2. The van der Waals surface area contributed by atoms with Crippen LogP contribution in [0.2, 0.25) is 5.02 Å². The van der Waals surface area contributed by atoms with Gasteiger partial charge in [-0.3, -0.25) is 4.79 Å². The Bertz CT molecular complexity index is 1560. The fourth-order valence-corrected chi connectivity index (χ4v) is 4.45. The smallest absolute Gasteiger partial charge is 0.290 e. The molecule has 2 aromatic carbocycles. The lowest BCUT2D eigenvalue weighted by Crippen LogP contribution is -2.20. The fraction of sp³-hybridized carbons (Fsp3) is 0.0476. The molecule has 0 N–H and O–H groups in total. The van der Waals surface area contributed by atoms with Crippen LogP contribution in [0.5, 0.6) is 17.2 Å². The number of ether oxygens (including phenoxy) is 2. The predicted molar refractivity (Wildman–Crippen MR) is 122 cm³/mol. The molecular formula is C21H12ClN3O4S2. The van der Waals surface area contributed by atoms with Gasteiger partial charge in [0.1, 0.15) is 11.5 Å². The number of rotatable bonds is 4. The summed E-state index contributed by atoms with van der Waals surface area (Å²) in [7, 11) is 1.48. The quantitative estimate of drug-likeness (QED) is 0.309. The van der Waals surface area contributed by atoms with Crippen molar-refractivity contribution in [3.63, 3.8) is 0 Å². The highest BCUT2D eigenvalue weighted by Crippen LogP contribution is 2.31. The first-order valence-corrected chi connectivity index (χ1v) is 10.6. The van der Waals surface area contributed by atoms with Crippen LogP contribution < -0.4 is 15.0 Å². The number of benzene rings is 2. The Morgan fingerprint density at radius 1 is 1.13 bits per heavy atom. The number of hydrogen-bond donors (Lipinski definition) is 0. The van der Waals surface area contributed by atoms with Gasteiger partial charge in [0.25, 0.3) is 10.4 Å². The monoisotopic (exact) mass is 469 g/mol. The maximum Gasteiger partial charge on any atom is 0.290 e. The molecule has 0 spiro atoms. The van der Waals surface area contributed by atoms with Gasteiger partial charge in [0.05, 0.1) is 17.3 Å². The molecule has 0 unspecified atom stereocenters. The molecule has 0 saturated carbocycles. The Labute approximate surface area is 189 Å². The van der Waals surface area contributed by atoms with Crippen LogP contribution in [0.4, 0.5) is 0 Å². The van der Waals surface area contributed by atoms with Gasteiger partial charge in [-0.05, 0) is 48.6 Å². The number of pyridine rings is 1. The van der Waals surface area contributed by atoms with Gasteiger partial charge in [0, 0.05) is 23.4 Å². The van der Waals surface area contributed by atoms with E-state index >= 15 is 0 Å². The summed E-state index contributed by atoms with van der Waals surface area (Å²) in [5, 5.41) is 1.01. The van der Waals surface area contributed by atoms with Crippen LogP contribution in [-0.2, 0) is 0 Å². The van der Waals surface area contributed by atoms with Crippen molar-refractivity contribution >= 4 is 56.5 Å². The maximum absolute atomic E-state index is 13.1. The lowest BCUT2D eigenvalue weighted by molar-refractivity contribution is 0.404. The van der Waals surface area contributed by atoms with Gasteiger partial charge in [0.2, 0.25) is 10.7 Å². The fourth-order valence-electron chi connectivity index (χ4n) is 3.02. The second-order valence-electron chi connectivity index (χ2n) is 6.38. The molecule has 3 aromatic heterocycles. The number of thiazole rings is 1. The van der Waals surface area contributed by atoms with E-state index in [1.54, 1.807) is 36.4 Å². The topological polar surface area (TPSA) is 79.4 Å². The predicted octanol–water partition coefficient (Wildman–Crippen LogP) is 5.77. The first kappa shape index (κ1) is 19.7. The van der Waals surface area contributed by atoms with Crippen LogP contribution in [0.3, 0.4) is 0 Å². The first-order valence-electron chi connectivity index (χ1n) is 8.97. The van der Waals surface area contributed by atoms with Crippen molar-refractivity contribution in [1.82, 2.24) is 14.5 Å². The minimum absolute atomic E-state index is 0.0412. The Morgan fingerprint density at radius 2 is 1.90 bits per heavy atom. The van der Waals surface area contributed by atoms with Gasteiger partial charge < -0.3 is 13.9 Å². The van der Waals surface area contributed by atoms with E-state index in [1.165, 1.54) is 29.2 Å². The van der Waals surface area contributed by atoms with Crippen molar-refractivity contribution in [2.75, 3.05) is 7.11 Å². The molecule has 0 bridgehead atoms. The normalized spacial score (nSPS) is 11.2. The summed E-state index contributed by atoms with van der Waals surface area (Å²) in [6.07, 6.45) is 1.48. The molecule has 0 aliphatic heterocycles. The van der Waals surface area contributed by atoms with E-state index in [1.807, 2.05) is 12.1 Å². The average Bonchev–Trinajstić information content (AvgIpc) is 3.18. The standard InChI is InChI=1S/C21H12ClN3O4S2/c1-27-15-8-9-23-17-18(15)29-21(30)25(19(17)26)20-24-14-7-6-13(10-16(14)31-20)28-12-4-2-11(22)3-5-12/h2-10H,1H3. The number of halogens is 1. The molecule has 7 nitrogen and oxygen atoms in total. The van der Waals surface area contributed by atoms with E-state index < -0.39 is 5.56 Å². The third kappa shape index (κ3) is 3.56. The second-order valence-corrected chi connectivity index (χ2v) is 8.18. The van der Waals surface area contributed by atoms with E-state index in [-0.39, 0.29) is 15.9 Å². The molecule has 31 heavy (non-hydrogen) atoms. The Balaban J connectivity index is 1.59. The third-order valence-corrected chi connectivity index (χ3v) is 5.98. The highest BCUT2D eigenvalue weighted by Gasteiger charge is 2.17. The van der Waals surface area contributed by atoms with Crippen LogP contribution in [0, 0.1) is 4.84 Å². The Kier molecular flexibility index (Phi) is 4.93. The van der Waals surface area contributed by atoms with E-state index in [0.29, 0.717) is 32.9 Å². The molecule has 0 fully saturated rings. The summed E-state index contributed by atoms with van der Waals surface area (Å²) in [6, 6.07) is 14.1. The summed E-state index contributed by atoms with van der Waals surface area (Å²) < 4.78 is 18.8. The van der Waals surface area contributed by atoms with Gasteiger partial charge in [0.15, 0.2) is 11.3 Å². The van der Waals surface area contributed by atoms with Crippen molar-refractivity contribution < 1.29 is 13.9 Å². The van der Waals surface area contributed by atoms with Crippen LogP contribution in [0.1, 0.15) is 0 Å². The number of hydrogen-bond acceptors (Lipinski definition) is 8. The van der Waals surface area contributed by atoms with E-state index in [4.69, 9.17) is 37.7 Å². The zero-order valence-corrected chi connectivity index (χ0v) is 18.3. The minimum Gasteiger partial charge on any atom is -0.493 e. The summed E-state index contributed by atoms with van der Waals surface area (Å²) in [5.41, 5.74) is 0.584. The van der Waals surface area contributed by atoms with E-state index in [2.05, 4.69) is 9.97 Å². The van der Waals surface area contributed by atoms with Crippen LogP contribution in [0.15, 0.2) is 63.9 Å². The Hall–Kier alpha value is -3.27. The van der Waals surface area contributed by atoms with Gasteiger partial charge in [-0.25, -0.2) is 14.5 Å². The van der Waals surface area contributed by atoms with Crippen molar-refractivity contribution in [1.29, 1.82) is 0 Å². The zero-order chi connectivity index (χ0) is 21.5. The van der Waals surface area contributed by atoms with Crippen LogP contribution in [0.25, 0.3) is 26.4 Å². The molecule has 5 aromatic rings. The number of aromatic nitrogens is 3. The van der Waals surface area contributed by atoms with Crippen molar-refractivity contribution in [2.45, 2.75) is 0 Å². The van der Waals surface area contributed by atoms with Crippen LogP contribution >= 0.6 is 35.2 Å². The maximum atomic E-state index is 13.1. The lowest BCUT2D eigenvalue weighted by atomic mass is 10.3. The number of methoxy groups -OCH3 is 1. The summed E-state index contributed by atoms with van der Waals surface area (Å²) >= 11 is 12.5. The largest absolute Gasteiger partial charge is 0.493 e. The lowest BCUT2D eigenvalue weighted by Gasteiger charge is -2.05. The molecule has 0 amide bonds. The van der Waals surface area contributed by atoms with Gasteiger partial charge in [-0.1, -0.05) is 22.9 Å². The number of nitrogens with zero attached hydrogens (tertiary/aromatic N) is 3. The average molecular weight is 470 g/mol. The molecule has 10 heteroatoms. The molecule has 3 heterocycles. The van der Waals surface area contributed by atoms with Gasteiger partial charge >= 0.3 is 0 Å². The van der Waals surface area contributed by atoms with Crippen molar-refractivity contribution in [3.8, 4) is 22.4 Å². The van der Waals surface area contributed by atoms with Crippen LogP contribution in [-0.4, -0.2) is 21.6 Å².